The highest BCUT2D eigenvalue weighted by Gasteiger charge is 2.37. The molecule has 0 saturated heterocycles. The summed E-state index contributed by atoms with van der Waals surface area (Å²) in [6.07, 6.45) is 11.9. The van der Waals surface area contributed by atoms with Gasteiger partial charge in [-0.05, 0) is 80.4 Å². The number of nitrogens with zero attached hydrogens (tertiary/aromatic N) is 2. The number of Topliss-reactive ketones (excluding diaryl/α,β-unsaturated/α-hetero) is 1. The van der Waals surface area contributed by atoms with Crippen LogP contribution in [0.4, 0.5) is 0 Å². The van der Waals surface area contributed by atoms with Gasteiger partial charge in [0.15, 0.2) is 5.65 Å². The molecule has 3 atom stereocenters. The van der Waals surface area contributed by atoms with Crippen molar-refractivity contribution in [2.24, 2.45) is 29.4 Å². The van der Waals surface area contributed by atoms with E-state index in [0.29, 0.717) is 18.8 Å². The van der Waals surface area contributed by atoms with E-state index < -0.39 is 0 Å². The van der Waals surface area contributed by atoms with Crippen LogP contribution in [0.1, 0.15) is 62.8 Å². The Bertz CT molecular complexity index is 1160. The fraction of sp³-hybridized carbons (Fsp3) is 0.538. The van der Waals surface area contributed by atoms with E-state index >= 15 is 0 Å². The minimum Gasteiger partial charge on any atom is -0.396 e. The number of hydrogen-bond acceptors (Lipinski definition) is 5. The largest absolute Gasteiger partial charge is 0.396 e. The van der Waals surface area contributed by atoms with Crippen LogP contribution in [0.25, 0.3) is 21.9 Å². The zero-order valence-corrected chi connectivity index (χ0v) is 18.9. The van der Waals surface area contributed by atoms with Crippen LogP contribution in [0.3, 0.4) is 0 Å². The highest BCUT2D eigenvalue weighted by atomic mass is 16.3. The van der Waals surface area contributed by atoms with Gasteiger partial charge in [-0.25, -0.2) is 9.97 Å². The molecule has 2 aliphatic carbocycles. The van der Waals surface area contributed by atoms with Crippen LogP contribution in [-0.4, -0.2) is 38.4 Å². The fourth-order valence-electron chi connectivity index (χ4n) is 6.30. The number of nitrogens with one attached hydrogen (secondary N) is 1. The Morgan fingerprint density at radius 3 is 2.67 bits per heavy atom. The summed E-state index contributed by atoms with van der Waals surface area (Å²) < 4.78 is 0. The third-order valence-electron chi connectivity index (χ3n) is 8.12. The molecule has 2 fully saturated rings. The van der Waals surface area contributed by atoms with Gasteiger partial charge in [-0.1, -0.05) is 0 Å². The summed E-state index contributed by atoms with van der Waals surface area (Å²) >= 11 is 0. The van der Waals surface area contributed by atoms with E-state index in [9.17, 15) is 14.7 Å². The summed E-state index contributed by atoms with van der Waals surface area (Å²) in [6, 6.07) is 4.19. The Balaban J connectivity index is 1.28. The second kappa shape index (κ2) is 9.21. The molecule has 33 heavy (non-hydrogen) atoms. The summed E-state index contributed by atoms with van der Waals surface area (Å²) in [5.41, 5.74) is 8.72. The summed E-state index contributed by atoms with van der Waals surface area (Å²) in [5, 5.41) is 11.8. The Kier molecular flexibility index (Phi) is 6.15. The third kappa shape index (κ3) is 4.26. The quantitative estimate of drug-likeness (QED) is 0.529. The first-order valence-corrected chi connectivity index (χ1v) is 12.2. The molecule has 1 amide bonds. The fourth-order valence-corrected chi connectivity index (χ4v) is 6.30. The Labute approximate surface area is 193 Å². The molecular weight excluding hydrogens is 416 g/mol. The van der Waals surface area contributed by atoms with E-state index in [4.69, 9.17) is 5.73 Å². The SMILES string of the molecule is NC(=O)C1CCC(CO)CC1CC(=O)C1CCC(c2cc[nH]c3cnc4nccc4c23)CC1. The maximum Gasteiger partial charge on any atom is 0.220 e. The number of rotatable bonds is 6. The van der Waals surface area contributed by atoms with Gasteiger partial charge in [0.1, 0.15) is 5.78 Å². The number of H-pyrrole nitrogens is 1. The first-order valence-electron chi connectivity index (χ1n) is 12.2. The lowest BCUT2D eigenvalue weighted by molar-refractivity contribution is -0.129. The zero-order valence-electron chi connectivity index (χ0n) is 18.9. The molecule has 0 aromatic carbocycles. The Morgan fingerprint density at radius 1 is 1.09 bits per heavy atom. The lowest BCUT2D eigenvalue weighted by Gasteiger charge is -2.35. The minimum absolute atomic E-state index is 0.0298. The highest BCUT2D eigenvalue weighted by molar-refractivity contribution is 6.05. The van der Waals surface area contributed by atoms with Crippen LogP contribution in [0.5, 0.6) is 0 Å². The molecule has 2 saturated carbocycles. The molecule has 3 aromatic heterocycles. The van der Waals surface area contributed by atoms with Crippen LogP contribution < -0.4 is 5.73 Å². The number of hydrogen-bond donors (Lipinski definition) is 3. The van der Waals surface area contributed by atoms with Gasteiger partial charge in [0.2, 0.25) is 5.91 Å². The van der Waals surface area contributed by atoms with E-state index in [2.05, 4.69) is 21.0 Å². The van der Waals surface area contributed by atoms with Crippen molar-refractivity contribution in [1.29, 1.82) is 0 Å². The molecule has 4 N–H and O–H groups in total. The van der Waals surface area contributed by atoms with Gasteiger partial charge >= 0.3 is 0 Å². The zero-order chi connectivity index (χ0) is 22.9. The molecule has 0 spiro atoms. The molecule has 5 rings (SSSR count). The summed E-state index contributed by atoms with van der Waals surface area (Å²) in [6.45, 7) is 0.117. The number of aromatic amines is 1. The summed E-state index contributed by atoms with van der Waals surface area (Å²) in [7, 11) is 0. The van der Waals surface area contributed by atoms with E-state index in [-0.39, 0.29) is 42.0 Å². The molecule has 3 heterocycles. The smallest absolute Gasteiger partial charge is 0.220 e. The van der Waals surface area contributed by atoms with Crippen LogP contribution in [0.15, 0.2) is 30.7 Å². The van der Waals surface area contributed by atoms with Crippen molar-refractivity contribution in [2.75, 3.05) is 6.61 Å². The van der Waals surface area contributed by atoms with Crippen molar-refractivity contribution in [3.63, 3.8) is 0 Å². The van der Waals surface area contributed by atoms with Crippen molar-refractivity contribution in [3.05, 3.63) is 36.3 Å². The highest BCUT2D eigenvalue weighted by Crippen LogP contribution is 2.42. The molecule has 2 aliphatic rings. The molecule has 174 valence electrons. The molecule has 0 bridgehead atoms. The normalized spacial score (nSPS) is 28.2. The molecule has 0 radical (unpaired) electrons. The molecular formula is C26H32N4O3. The van der Waals surface area contributed by atoms with Gasteiger partial charge < -0.3 is 15.8 Å². The second-order valence-corrected chi connectivity index (χ2v) is 10.0. The van der Waals surface area contributed by atoms with Gasteiger partial charge in [-0.3, -0.25) is 9.59 Å². The van der Waals surface area contributed by atoms with Crippen molar-refractivity contribution in [1.82, 2.24) is 15.0 Å². The number of amides is 1. The predicted molar refractivity (Wildman–Crippen MR) is 126 cm³/mol. The van der Waals surface area contributed by atoms with E-state index in [0.717, 1.165) is 55.1 Å². The lowest BCUT2D eigenvalue weighted by Crippen LogP contribution is -2.37. The van der Waals surface area contributed by atoms with Crippen LogP contribution >= 0.6 is 0 Å². The first-order chi connectivity index (χ1) is 16.0. The molecule has 7 nitrogen and oxygen atoms in total. The third-order valence-corrected chi connectivity index (χ3v) is 8.12. The van der Waals surface area contributed by atoms with Crippen molar-refractivity contribution in [3.8, 4) is 0 Å². The van der Waals surface area contributed by atoms with Crippen LogP contribution in [-0.2, 0) is 9.59 Å². The van der Waals surface area contributed by atoms with Gasteiger partial charge in [0.25, 0.3) is 0 Å². The Morgan fingerprint density at radius 2 is 1.91 bits per heavy atom. The average Bonchev–Trinajstić information content (AvgIpc) is 3.33. The minimum atomic E-state index is -0.302. The van der Waals surface area contributed by atoms with E-state index in [1.807, 2.05) is 18.5 Å². The monoisotopic (exact) mass is 448 g/mol. The number of nitrogens with two attached hydrogens (primary N) is 1. The molecule has 7 heteroatoms. The number of ketones is 1. The van der Waals surface area contributed by atoms with Crippen molar-refractivity contribution in [2.45, 2.75) is 57.3 Å². The average molecular weight is 449 g/mol. The number of fused-ring (bicyclic) bond motifs is 3. The number of aliphatic hydroxyl groups is 1. The number of primary amides is 1. The summed E-state index contributed by atoms with van der Waals surface area (Å²) in [4.78, 5) is 37.2. The molecule has 0 aliphatic heterocycles. The van der Waals surface area contributed by atoms with E-state index in [1.54, 1.807) is 6.20 Å². The first kappa shape index (κ1) is 22.0. The number of carbonyl (C=O) groups is 2. The van der Waals surface area contributed by atoms with Gasteiger partial charge in [0, 0.05) is 48.0 Å². The maximum absolute atomic E-state index is 13.2. The number of carbonyl (C=O) groups excluding carboxylic acids is 2. The van der Waals surface area contributed by atoms with Crippen molar-refractivity contribution >= 4 is 33.6 Å². The van der Waals surface area contributed by atoms with E-state index in [1.165, 1.54) is 10.9 Å². The number of pyridine rings is 2. The Hall–Kier alpha value is -2.80. The predicted octanol–water partition coefficient (Wildman–Crippen LogP) is 3.85. The maximum atomic E-state index is 13.2. The van der Waals surface area contributed by atoms with Crippen LogP contribution in [0, 0.1) is 23.7 Å². The topological polar surface area (TPSA) is 122 Å². The molecule has 3 unspecified atom stereocenters. The second-order valence-electron chi connectivity index (χ2n) is 10.0. The van der Waals surface area contributed by atoms with Gasteiger partial charge in [-0.2, -0.15) is 0 Å². The summed E-state index contributed by atoms with van der Waals surface area (Å²) in [5.74, 6) is 0.317. The number of aromatic nitrogens is 3. The standard InChI is InChI=1S/C26H32N4O3/c27-25(33)20-6-1-15(14-31)11-18(20)12-23(32)17-4-2-16(3-5-17)19-7-9-28-22-13-30-26-21(24(19)22)8-10-29-26/h7-10,13,15-18,20,28,31H,1-6,11-12,14H2,(H2,27,33). The van der Waals surface area contributed by atoms with Crippen LogP contribution in [0.2, 0.25) is 0 Å². The van der Waals surface area contributed by atoms with Gasteiger partial charge in [0.05, 0.1) is 11.7 Å². The number of aliphatic hydroxyl groups excluding tert-OH is 1. The van der Waals surface area contributed by atoms with Gasteiger partial charge in [-0.15, -0.1) is 0 Å². The lowest BCUT2D eigenvalue weighted by atomic mass is 9.69. The van der Waals surface area contributed by atoms with Crippen molar-refractivity contribution < 1.29 is 14.7 Å². The molecule has 3 aromatic rings.